The number of carbonyl (C=O) groups excluding carboxylic acids is 5. The molecule has 3 aliphatic rings. The van der Waals surface area contributed by atoms with Crippen LogP contribution < -0.4 is 9.47 Å². The Morgan fingerprint density at radius 2 is 1.54 bits per heavy atom. The summed E-state index contributed by atoms with van der Waals surface area (Å²) in [4.78, 5) is 64.0. The molecule has 0 amide bonds. The third-order valence-electron chi connectivity index (χ3n) is 6.11. The summed E-state index contributed by atoms with van der Waals surface area (Å²) in [6.45, 7) is 5.97. The van der Waals surface area contributed by atoms with E-state index in [1.807, 2.05) is 0 Å². The lowest BCUT2D eigenvalue weighted by Crippen LogP contribution is -2.63. The van der Waals surface area contributed by atoms with Crippen molar-refractivity contribution < 1.29 is 57.1 Å². The van der Waals surface area contributed by atoms with Gasteiger partial charge in [0.2, 0.25) is 12.4 Å². The van der Waals surface area contributed by atoms with Crippen molar-refractivity contribution in [3.8, 4) is 11.5 Å². The van der Waals surface area contributed by atoms with Crippen LogP contribution in [0, 0.1) is 0 Å². The molecule has 4 rings (SSSR count). The van der Waals surface area contributed by atoms with E-state index >= 15 is 0 Å². The van der Waals surface area contributed by atoms with Crippen molar-refractivity contribution in [2.75, 3.05) is 6.61 Å². The monoisotopic (exact) mass is 571 g/mol. The van der Waals surface area contributed by atoms with E-state index in [-0.39, 0.29) is 18.1 Å². The minimum absolute atomic E-state index is 0.173. The van der Waals surface area contributed by atoms with Crippen LogP contribution in [0.3, 0.4) is 0 Å². The maximum absolute atomic E-state index is 12.1. The van der Waals surface area contributed by atoms with Crippen LogP contribution in [0.2, 0.25) is 0 Å². The quantitative estimate of drug-likeness (QED) is 0.266. The highest BCUT2D eigenvalue weighted by atomic mass is 16.7. The number of allylic oxidation sites excluding steroid dienone is 3. The lowest BCUT2D eigenvalue weighted by Gasteiger charge is -2.43. The minimum Gasteiger partial charge on any atom is -0.484 e. The summed E-state index contributed by atoms with van der Waals surface area (Å²) in [5.41, 5.74) is 1.68. The van der Waals surface area contributed by atoms with Crippen LogP contribution in [-0.2, 0) is 47.7 Å². The first-order chi connectivity index (χ1) is 19.4. The molecule has 2 aliphatic heterocycles. The topological polar surface area (TPSA) is 162 Å². The molecule has 2 heterocycles. The van der Waals surface area contributed by atoms with Crippen LogP contribution >= 0.6 is 0 Å². The van der Waals surface area contributed by atoms with Gasteiger partial charge < -0.3 is 33.2 Å². The number of aliphatic imine (C=N–C) groups is 1. The number of ether oxygens (including phenoxy) is 7. The van der Waals surface area contributed by atoms with Crippen molar-refractivity contribution >= 4 is 41.1 Å². The Hall–Kier alpha value is -4.52. The molecule has 0 radical (unpaired) electrons. The van der Waals surface area contributed by atoms with E-state index < -0.39 is 60.7 Å². The lowest BCUT2D eigenvalue weighted by atomic mass is 9.98. The lowest BCUT2D eigenvalue weighted by molar-refractivity contribution is -0.288. The Kier molecular flexibility index (Phi) is 8.86. The van der Waals surface area contributed by atoms with Gasteiger partial charge in [-0.1, -0.05) is 0 Å². The van der Waals surface area contributed by atoms with Gasteiger partial charge in [-0.25, -0.2) is 4.99 Å². The van der Waals surface area contributed by atoms with Crippen LogP contribution in [0.5, 0.6) is 11.5 Å². The van der Waals surface area contributed by atoms with Gasteiger partial charge in [0.1, 0.15) is 36.0 Å². The molecule has 13 nitrogen and oxygen atoms in total. The van der Waals surface area contributed by atoms with Crippen LogP contribution in [0.1, 0.15) is 34.6 Å². The molecule has 1 saturated heterocycles. The molecule has 0 N–H and O–H groups in total. The van der Waals surface area contributed by atoms with Crippen molar-refractivity contribution in [3.63, 3.8) is 0 Å². The maximum atomic E-state index is 12.1. The summed E-state index contributed by atoms with van der Waals surface area (Å²) >= 11 is 0. The number of esters is 4. The second kappa shape index (κ2) is 12.3. The largest absolute Gasteiger partial charge is 0.484 e. The summed E-state index contributed by atoms with van der Waals surface area (Å²) in [5, 5.41) is 0. The molecule has 6 atom stereocenters. The smallest absolute Gasteiger partial charge is 0.303 e. The van der Waals surface area contributed by atoms with Gasteiger partial charge in [-0.15, -0.1) is 0 Å². The number of nitrogens with zero attached hydrogens (tertiary/aromatic N) is 1. The Morgan fingerprint density at radius 1 is 0.878 bits per heavy atom. The van der Waals surface area contributed by atoms with Crippen LogP contribution in [0.15, 0.2) is 47.0 Å². The van der Waals surface area contributed by atoms with Crippen molar-refractivity contribution in [1.29, 1.82) is 0 Å². The fraction of sp³-hybridized carbons (Fsp3) is 0.429. The summed E-state index contributed by atoms with van der Waals surface area (Å²) in [6.07, 6.45) is -2.65. The average Bonchev–Trinajstić information content (AvgIpc) is 3.01. The highest BCUT2D eigenvalue weighted by Gasteiger charge is 2.53. The first-order valence-electron chi connectivity index (χ1n) is 12.7. The second-order valence-corrected chi connectivity index (χ2v) is 9.41. The molecule has 1 aliphatic carbocycles. The number of ketones is 1. The predicted octanol–water partition coefficient (Wildman–Crippen LogP) is 2.07. The molecule has 1 aromatic rings. The number of rotatable bonds is 7. The Bertz CT molecular complexity index is 1350. The molecule has 1 aromatic carbocycles. The molecule has 218 valence electrons. The molecule has 41 heavy (non-hydrogen) atoms. The van der Waals surface area contributed by atoms with Gasteiger partial charge in [-0.3, -0.25) is 24.0 Å². The first kappa shape index (κ1) is 29.5. The van der Waals surface area contributed by atoms with Crippen molar-refractivity contribution in [1.82, 2.24) is 0 Å². The van der Waals surface area contributed by atoms with E-state index in [9.17, 15) is 24.0 Å². The SMILES string of the molecule is CC(=O)OC[C@H]1O[C@@H](Oc2ccc3c(c2)OC(C)C2=CC(=O)C=CC2=N3)[C@H](OC(C)=O)[C@@H](OC(C)=O)[C@H]1OC(C)=O. The highest BCUT2D eigenvalue weighted by molar-refractivity contribution is 6.21. The molecule has 1 fully saturated rings. The van der Waals surface area contributed by atoms with E-state index in [2.05, 4.69) is 4.99 Å². The third-order valence-corrected chi connectivity index (χ3v) is 6.11. The number of fused-ring (bicyclic) bond motifs is 2. The van der Waals surface area contributed by atoms with E-state index in [4.69, 9.17) is 33.2 Å². The Labute approximate surface area is 235 Å². The van der Waals surface area contributed by atoms with Crippen molar-refractivity contribution in [2.45, 2.75) is 71.4 Å². The number of hydrogen-bond acceptors (Lipinski definition) is 13. The van der Waals surface area contributed by atoms with E-state index in [1.54, 1.807) is 25.1 Å². The van der Waals surface area contributed by atoms with Crippen molar-refractivity contribution in [3.05, 3.63) is 42.0 Å². The van der Waals surface area contributed by atoms with Crippen LogP contribution in [-0.4, -0.2) is 78.8 Å². The molecule has 0 spiro atoms. The van der Waals surface area contributed by atoms with Gasteiger partial charge in [-0.05, 0) is 37.3 Å². The van der Waals surface area contributed by atoms with Crippen LogP contribution in [0.25, 0.3) is 0 Å². The van der Waals surface area contributed by atoms with Gasteiger partial charge in [-0.2, -0.15) is 0 Å². The predicted molar refractivity (Wildman–Crippen MR) is 138 cm³/mol. The molecule has 0 saturated carbocycles. The fourth-order valence-electron chi connectivity index (χ4n) is 4.52. The Balaban J connectivity index is 1.68. The van der Waals surface area contributed by atoms with Gasteiger partial charge in [0, 0.05) is 39.3 Å². The second-order valence-electron chi connectivity index (χ2n) is 9.41. The summed E-state index contributed by atoms with van der Waals surface area (Å²) in [7, 11) is 0. The summed E-state index contributed by atoms with van der Waals surface area (Å²) in [6, 6.07) is 4.73. The maximum Gasteiger partial charge on any atom is 0.303 e. The molecular weight excluding hydrogens is 542 g/mol. The highest BCUT2D eigenvalue weighted by Crippen LogP contribution is 2.38. The van der Waals surface area contributed by atoms with Crippen LogP contribution in [0.4, 0.5) is 5.69 Å². The van der Waals surface area contributed by atoms with Crippen molar-refractivity contribution in [2.24, 2.45) is 4.99 Å². The summed E-state index contributed by atoms with van der Waals surface area (Å²) < 4.78 is 39.4. The first-order valence-corrected chi connectivity index (χ1v) is 12.7. The number of carbonyl (C=O) groups is 5. The zero-order chi connectivity index (χ0) is 29.8. The van der Waals surface area contributed by atoms with Gasteiger partial charge in [0.25, 0.3) is 0 Å². The van der Waals surface area contributed by atoms with E-state index in [0.717, 1.165) is 20.8 Å². The number of hydrogen-bond donors (Lipinski definition) is 0. The molecule has 0 aromatic heterocycles. The molecular formula is C28H29NO12. The standard InChI is InChI=1S/C28H29NO12/c1-13-20-10-18(34)6-8-21(20)29-22-9-7-19(11-23(22)36-13)40-28-27(39-17(5)33)26(38-16(4)32)25(37-15(3)31)24(41-28)12-35-14(2)30/h6-11,13,24-28H,12H2,1-5H3/t13?,24-,25+,26+,27-,28-/m1/s1. The van der Waals surface area contributed by atoms with E-state index in [0.29, 0.717) is 22.7 Å². The number of benzene rings is 1. The minimum atomic E-state index is -1.41. The zero-order valence-electron chi connectivity index (χ0n) is 23.0. The Morgan fingerprint density at radius 3 is 2.20 bits per heavy atom. The summed E-state index contributed by atoms with van der Waals surface area (Å²) in [5.74, 6) is -2.52. The molecule has 1 unspecified atom stereocenters. The normalized spacial score (nSPS) is 26.5. The average molecular weight is 572 g/mol. The van der Waals surface area contributed by atoms with Gasteiger partial charge >= 0.3 is 23.9 Å². The van der Waals surface area contributed by atoms with E-state index in [1.165, 1.54) is 25.1 Å². The molecule has 13 heteroatoms. The third kappa shape index (κ3) is 7.17. The molecule has 0 bridgehead atoms. The zero-order valence-corrected chi connectivity index (χ0v) is 23.0. The van der Waals surface area contributed by atoms with Gasteiger partial charge in [0.05, 0.1) is 5.71 Å². The van der Waals surface area contributed by atoms with Gasteiger partial charge in [0.15, 0.2) is 18.0 Å². The fourth-order valence-corrected chi connectivity index (χ4v) is 4.52.